The first-order valence-electron chi connectivity index (χ1n) is 15.1. The quantitative estimate of drug-likeness (QED) is 0.143. The average Bonchev–Trinajstić information content (AvgIpc) is 3.71. The lowest BCUT2D eigenvalue weighted by molar-refractivity contribution is 0.653. The van der Waals surface area contributed by atoms with Gasteiger partial charge in [0, 0.05) is 55.8 Å². The van der Waals surface area contributed by atoms with Crippen molar-refractivity contribution in [2.24, 2.45) is 0 Å². The maximum Gasteiger partial charge on any atom is 0.0628 e. The Bertz CT molecular complexity index is 1650. The molecule has 1 aliphatic carbocycles. The third kappa shape index (κ3) is 6.25. The molecular formula is C37H41N4P. The Morgan fingerprint density at radius 3 is 2.43 bits per heavy atom. The standard InChI is InChI=1S/C37H41N4P/c1-28-11-4-8-15-35(28)40-22-24-41(25-23-40)37-18-17-33(27-34(37)38-29(2)31-12-5-6-13-31)30(3)42-26-10-20-39-21-19-32-14-7-9-16-36(32)39/h4-9,11-12,14-19,21,27,38,42H,2-3,10,13,20,22-26H2,1H3. The van der Waals surface area contributed by atoms with E-state index in [1.807, 2.05) is 0 Å². The van der Waals surface area contributed by atoms with Gasteiger partial charge in [-0.1, -0.05) is 82.4 Å². The number of fused-ring (bicyclic) bond motifs is 1. The Morgan fingerprint density at radius 1 is 0.881 bits per heavy atom. The SMILES string of the molecule is C=C(Nc1cc(C(=C)PCCCn2ccc3ccccc32)ccc1N1CCN(c2ccccc2C)CC1)C1=CC=CC1. The van der Waals surface area contributed by atoms with Crippen LogP contribution in [0, 0.1) is 6.92 Å². The van der Waals surface area contributed by atoms with E-state index in [9.17, 15) is 0 Å². The van der Waals surface area contributed by atoms with Crippen LogP contribution in [0.25, 0.3) is 16.2 Å². The van der Waals surface area contributed by atoms with Gasteiger partial charge >= 0.3 is 0 Å². The van der Waals surface area contributed by atoms with E-state index in [0.29, 0.717) is 8.58 Å². The van der Waals surface area contributed by atoms with Crippen LogP contribution in [0.2, 0.25) is 0 Å². The number of nitrogens with zero attached hydrogens (tertiary/aromatic N) is 3. The second-order valence-corrected chi connectivity index (χ2v) is 12.7. The molecule has 5 heteroatoms. The van der Waals surface area contributed by atoms with Crippen molar-refractivity contribution in [3.63, 3.8) is 0 Å². The summed E-state index contributed by atoms with van der Waals surface area (Å²) in [5, 5.41) is 6.23. The summed E-state index contributed by atoms with van der Waals surface area (Å²) >= 11 is 0. The molecule has 1 aromatic heterocycles. The minimum Gasteiger partial charge on any atom is -0.368 e. The van der Waals surface area contributed by atoms with Gasteiger partial charge in [-0.05, 0) is 83.7 Å². The zero-order valence-electron chi connectivity index (χ0n) is 24.7. The van der Waals surface area contributed by atoms with Crippen LogP contribution in [0.3, 0.4) is 0 Å². The van der Waals surface area contributed by atoms with Crippen molar-refractivity contribution in [2.75, 3.05) is 47.5 Å². The Balaban J connectivity index is 1.13. The van der Waals surface area contributed by atoms with Crippen molar-refractivity contribution in [1.29, 1.82) is 0 Å². The van der Waals surface area contributed by atoms with E-state index in [4.69, 9.17) is 0 Å². The predicted octanol–water partition coefficient (Wildman–Crippen LogP) is 8.83. The fourth-order valence-electron chi connectivity index (χ4n) is 6.05. The molecule has 0 saturated carbocycles. The van der Waals surface area contributed by atoms with Crippen molar-refractivity contribution in [1.82, 2.24) is 4.57 Å². The Labute approximate surface area is 252 Å². The van der Waals surface area contributed by atoms with Crippen LogP contribution in [0.5, 0.6) is 0 Å². The summed E-state index contributed by atoms with van der Waals surface area (Å²) in [5.74, 6) is 0. The third-order valence-corrected chi connectivity index (χ3v) is 9.78. The highest BCUT2D eigenvalue weighted by atomic mass is 31.1. The maximum absolute atomic E-state index is 4.51. The van der Waals surface area contributed by atoms with E-state index in [0.717, 1.165) is 63.1 Å². The predicted molar refractivity (Wildman–Crippen MR) is 185 cm³/mol. The summed E-state index contributed by atoms with van der Waals surface area (Å²) in [4.78, 5) is 5.03. The maximum atomic E-state index is 4.51. The molecule has 4 aromatic rings. The minimum atomic E-state index is 0.702. The molecule has 1 N–H and O–H groups in total. The van der Waals surface area contributed by atoms with E-state index in [-0.39, 0.29) is 0 Å². The number of nitrogens with one attached hydrogen (secondary N) is 1. The van der Waals surface area contributed by atoms with Crippen molar-refractivity contribution in [2.45, 2.75) is 26.3 Å². The van der Waals surface area contributed by atoms with Crippen LogP contribution in [-0.4, -0.2) is 36.9 Å². The zero-order chi connectivity index (χ0) is 28.9. The molecule has 0 bridgehead atoms. The number of aromatic nitrogens is 1. The number of benzene rings is 3. The number of rotatable bonds is 11. The van der Waals surface area contributed by atoms with E-state index in [1.165, 1.54) is 44.3 Å². The highest BCUT2D eigenvalue weighted by molar-refractivity contribution is 7.50. The van der Waals surface area contributed by atoms with Crippen molar-refractivity contribution >= 4 is 41.9 Å². The molecule has 1 fully saturated rings. The molecule has 214 valence electrons. The number of para-hydroxylation sites is 2. The van der Waals surface area contributed by atoms with Gasteiger partial charge in [-0.25, -0.2) is 0 Å². The number of hydrogen-bond donors (Lipinski definition) is 1. The Hall–Kier alpha value is -4.01. The van der Waals surface area contributed by atoms with Gasteiger partial charge in [0.2, 0.25) is 0 Å². The fourth-order valence-corrected chi connectivity index (χ4v) is 7.04. The fraction of sp³-hybridized carbons (Fsp3) is 0.243. The molecule has 4 nitrogen and oxygen atoms in total. The summed E-state index contributed by atoms with van der Waals surface area (Å²) in [6, 6.07) is 26.4. The molecule has 42 heavy (non-hydrogen) atoms. The minimum absolute atomic E-state index is 0.702. The van der Waals surface area contributed by atoms with Gasteiger partial charge in [-0.3, -0.25) is 0 Å². The monoisotopic (exact) mass is 572 g/mol. The molecule has 1 atom stereocenters. The summed E-state index contributed by atoms with van der Waals surface area (Å²) < 4.78 is 2.37. The van der Waals surface area contributed by atoms with Crippen molar-refractivity contribution in [3.05, 3.63) is 133 Å². The average molecular weight is 573 g/mol. The first-order chi connectivity index (χ1) is 20.6. The molecule has 0 radical (unpaired) electrons. The summed E-state index contributed by atoms with van der Waals surface area (Å²) in [7, 11) is 0.702. The van der Waals surface area contributed by atoms with Crippen LogP contribution < -0.4 is 15.1 Å². The van der Waals surface area contributed by atoms with E-state index in [1.54, 1.807) is 0 Å². The third-order valence-electron chi connectivity index (χ3n) is 8.46. The largest absolute Gasteiger partial charge is 0.368 e. The zero-order valence-corrected chi connectivity index (χ0v) is 25.7. The number of anilines is 3. The van der Waals surface area contributed by atoms with Gasteiger partial charge in [-0.2, -0.15) is 0 Å². The number of piperazine rings is 1. The number of hydrogen-bond acceptors (Lipinski definition) is 3. The van der Waals surface area contributed by atoms with Crippen LogP contribution in [0.15, 0.2) is 122 Å². The molecule has 2 heterocycles. The number of aryl methyl sites for hydroxylation is 2. The summed E-state index contributed by atoms with van der Waals surface area (Å²) in [5.41, 5.74) is 9.81. The molecule has 2 aliphatic rings. The summed E-state index contributed by atoms with van der Waals surface area (Å²) in [6.07, 6.45) is 11.9. The van der Waals surface area contributed by atoms with E-state index >= 15 is 0 Å². The second kappa shape index (κ2) is 12.9. The molecule has 0 spiro atoms. The summed E-state index contributed by atoms with van der Waals surface area (Å²) in [6.45, 7) is 16.1. The van der Waals surface area contributed by atoms with Crippen LogP contribution in [-0.2, 0) is 6.54 Å². The first-order valence-corrected chi connectivity index (χ1v) is 16.3. The molecule has 1 unspecified atom stereocenters. The molecule has 0 amide bonds. The van der Waals surface area contributed by atoms with Gasteiger partial charge in [0.15, 0.2) is 0 Å². The molecule has 3 aromatic carbocycles. The van der Waals surface area contributed by atoms with Crippen molar-refractivity contribution < 1.29 is 0 Å². The lowest BCUT2D eigenvalue weighted by Crippen LogP contribution is -2.47. The van der Waals surface area contributed by atoms with Gasteiger partial charge in [0.1, 0.15) is 0 Å². The highest BCUT2D eigenvalue weighted by Crippen LogP contribution is 2.38. The number of allylic oxidation sites excluding steroid dienone is 4. The second-order valence-electron chi connectivity index (χ2n) is 11.2. The smallest absolute Gasteiger partial charge is 0.0628 e. The van der Waals surface area contributed by atoms with E-state index < -0.39 is 0 Å². The van der Waals surface area contributed by atoms with Gasteiger partial charge < -0.3 is 19.7 Å². The molecule has 1 saturated heterocycles. The van der Waals surface area contributed by atoms with Gasteiger partial charge in [0.25, 0.3) is 0 Å². The lowest BCUT2D eigenvalue weighted by atomic mass is 10.1. The van der Waals surface area contributed by atoms with Gasteiger partial charge in [-0.15, -0.1) is 0 Å². The molecule has 6 rings (SSSR count). The molecular weight excluding hydrogens is 531 g/mol. The highest BCUT2D eigenvalue weighted by Gasteiger charge is 2.21. The van der Waals surface area contributed by atoms with Crippen LogP contribution >= 0.6 is 8.58 Å². The van der Waals surface area contributed by atoms with Gasteiger partial charge in [0.05, 0.1) is 11.4 Å². The Morgan fingerprint density at radius 2 is 1.64 bits per heavy atom. The molecule has 1 aliphatic heterocycles. The lowest BCUT2D eigenvalue weighted by Gasteiger charge is -2.39. The van der Waals surface area contributed by atoms with Crippen LogP contribution in [0.4, 0.5) is 17.1 Å². The normalized spacial score (nSPS) is 15.1. The van der Waals surface area contributed by atoms with Crippen LogP contribution in [0.1, 0.15) is 24.0 Å². The Kier molecular flexibility index (Phi) is 8.63. The first kappa shape index (κ1) is 28.1. The van der Waals surface area contributed by atoms with Crippen molar-refractivity contribution in [3.8, 4) is 0 Å². The topological polar surface area (TPSA) is 23.4 Å². The van der Waals surface area contributed by atoms with E-state index in [2.05, 4.69) is 137 Å².